The Kier molecular flexibility index (Phi) is 2.08. The van der Waals surface area contributed by atoms with Gasteiger partial charge in [-0.3, -0.25) is 0 Å². The first-order valence-electron chi connectivity index (χ1n) is 5.32. The molecule has 0 amide bonds. The predicted octanol–water partition coefficient (Wildman–Crippen LogP) is 2.78. The van der Waals surface area contributed by atoms with Gasteiger partial charge in [0.05, 0.1) is 17.3 Å². The maximum atomic E-state index is 5.72. The smallest absolute Gasteiger partial charge is 0.258 e. The van der Waals surface area contributed by atoms with Crippen LogP contribution in [0.5, 0.6) is 0 Å². The summed E-state index contributed by atoms with van der Waals surface area (Å²) in [5.41, 5.74) is 9.82. The van der Waals surface area contributed by atoms with E-state index in [1.807, 2.05) is 37.3 Å². The third kappa shape index (κ3) is 1.63. The number of hydrogen-bond acceptors (Lipinski definition) is 4. The van der Waals surface area contributed by atoms with Gasteiger partial charge >= 0.3 is 0 Å². The first-order chi connectivity index (χ1) is 8.24. The Hall–Kier alpha value is -2.36. The number of nitrogen functional groups attached to an aromatic ring is 1. The van der Waals surface area contributed by atoms with Crippen LogP contribution >= 0.6 is 0 Å². The molecule has 1 aromatic carbocycles. The van der Waals surface area contributed by atoms with Crippen LogP contribution in [0.2, 0.25) is 0 Å². The van der Waals surface area contributed by atoms with Crippen LogP contribution in [0.1, 0.15) is 5.56 Å². The summed E-state index contributed by atoms with van der Waals surface area (Å²) in [5.74, 6) is 0. The lowest BCUT2D eigenvalue weighted by Crippen LogP contribution is -1.86. The van der Waals surface area contributed by atoms with E-state index in [0.717, 1.165) is 16.6 Å². The van der Waals surface area contributed by atoms with E-state index in [-0.39, 0.29) is 0 Å². The van der Waals surface area contributed by atoms with E-state index >= 15 is 0 Å². The minimum atomic E-state index is 0.509. The molecule has 0 fully saturated rings. The molecule has 3 rings (SSSR count). The number of hydrogen-bond donors (Lipinski definition) is 1. The molecule has 2 aromatic heterocycles. The lowest BCUT2D eigenvalue weighted by atomic mass is 10.1. The zero-order chi connectivity index (χ0) is 11.8. The maximum Gasteiger partial charge on any atom is 0.258 e. The van der Waals surface area contributed by atoms with Crippen molar-refractivity contribution in [2.24, 2.45) is 0 Å². The molecule has 0 aliphatic rings. The summed E-state index contributed by atoms with van der Waals surface area (Å²) in [6.45, 7) is 2.05. The summed E-state index contributed by atoms with van der Waals surface area (Å²) in [5, 5.41) is 4.88. The SMILES string of the molecule is Cc1ccc(-c2noc3ncc(N)cc23)cc1. The number of nitrogens with two attached hydrogens (primary N) is 1. The van der Waals surface area contributed by atoms with Crippen molar-refractivity contribution in [2.45, 2.75) is 6.92 Å². The van der Waals surface area contributed by atoms with E-state index in [0.29, 0.717) is 11.4 Å². The lowest BCUT2D eigenvalue weighted by Gasteiger charge is -1.98. The van der Waals surface area contributed by atoms with Gasteiger partial charge in [0.2, 0.25) is 0 Å². The molecule has 0 saturated carbocycles. The van der Waals surface area contributed by atoms with Crippen LogP contribution in [0.25, 0.3) is 22.4 Å². The van der Waals surface area contributed by atoms with E-state index in [4.69, 9.17) is 10.3 Å². The number of nitrogens with zero attached hydrogens (tertiary/aromatic N) is 2. The van der Waals surface area contributed by atoms with Crippen molar-refractivity contribution in [1.29, 1.82) is 0 Å². The van der Waals surface area contributed by atoms with Crippen molar-refractivity contribution in [2.75, 3.05) is 5.73 Å². The Morgan fingerprint density at radius 3 is 2.71 bits per heavy atom. The minimum absolute atomic E-state index is 0.509. The van der Waals surface area contributed by atoms with Crippen LogP contribution in [0, 0.1) is 6.92 Å². The van der Waals surface area contributed by atoms with Crippen molar-refractivity contribution >= 4 is 16.8 Å². The number of anilines is 1. The molecule has 2 heterocycles. The van der Waals surface area contributed by atoms with Gasteiger partial charge in [0.1, 0.15) is 5.69 Å². The molecule has 17 heavy (non-hydrogen) atoms. The van der Waals surface area contributed by atoms with Crippen LogP contribution in [-0.4, -0.2) is 10.1 Å². The molecule has 4 heteroatoms. The van der Waals surface area contributed by atoms with E-state index in [9.17, 15) is 0 Å². The molecule has 0 unspecified atom stereocenters. The van der Waals surface area contributed by atoms with E-state index in [1.54, 1.807) is 6.20 Å². The average molecular weight is 225 g/mol. The fraction of sp³-hybridized carbons (Fsp3) is 0.0769. The predicted molar refractivity (Wildman–Crippen MR) is 66.4 cm³/mol. The van der Waals surface area contributed by atoms with Crippen molar-refractivity contribution in [3.05, 3.63) is 42.1 Å². The molecule has 0 atom stereocenters. The van der Waals surface area contributed by atoms with Crippen LogP contribution < -0.4 is 5.73 Å². The molecule has 0 bridgehead atoms. The van der Waals surface area contributed by atoms with Gasteiger partial charge in [0.25, 0.3) is 5.71 Å². The molecule has 4 nitrogen and oxygen atoms in total. The van der Waals surface area contributed by atoms with Crippen molar-refractivity contribution in [3.63, 3.8) is 0 Å². The largest absolute Gasteiger partial charge is 0.397 e. The summed E-state index contributed by atoms with van der Waals surface area (Å²) in [6, 6.07) is 9.92. The Morgan fingerprint density at radius 1 is 1.18 bits per heavy atom. The molecular formula is C13H11N3O. The number of rotatable bonds is 1. The second-order valence-electron chi connectivity index (χ2n) is 4.02. The summed E-state index contributed by atoms with van der Waals surface area (Å²) in [4.78, 5) is 4.09. The topological polar surface area (TPSA) is 64.9 Å². The second-order valence-corrected chi connectivity index (χ2v) is 4.02. The van der Waals surface area contributed by atoms with Gasteiger partial charge in [-0.25, -0.2) is 4.98 Å². The first-order valence-corrected chi connectivity index (χ1v) is 5.32. The lowest BCUT2D eigenvalue weighted by molar-refractivity contribution is 0.451. The summed E-state index contributed by atoms with van der Waals surface area (Å²) < 4.78 is 5.17. The van der Waals surface area contributed by atoms with Crippen LogP contribution in [0.4, 0.5) is 5.69 Å². The zero-order valence-corrected chi connectivity index (χ0v) is 9.34. The van der Waals surface area contributed by atoms with Crippen LogP contribution in [0.3, 0.4) is 0 Å². The highest BCUT2D eigenvalue weighted by atomic mass is 16.5. The Balaban J connectivity index is 2.23. The fourth-order valence-corrected chi connectivity index (χ4v) is 1.77. The Bertz CT molecular complexity index is 671. The van der Waals surface area contributed by atoms with Gasteiger partial charge in [-0.1, -0.05) is 35.0 Å². The molecule has 84 valence electrons. The number of aryl methyl sites for hydroxylation is 1. The third-order valence-corrected chi connectivity index (χ3v) is 2.68. The highest BCUT2D eigenvalue weighted by Crippen LogP contribution is 2.27. The van der Waals surface area contributed by atoms with Crippen LogP contribution in [0.15, 0.2) is 41.1 Å². The number of aromatic nitrogens is 2. The first kappa shape index (κ1) is 9.84. The van der Waals surface area contributed by atoms with Gasteiger partial charge < -0.3 is 10.3 Å². The number of fused-ring (bicyclic) bond motifs is 1. The fourth-order valence-electron chi connectivity index (χ4n) is 1.77. The van der Waals surface area contributed by atoms with Gasteiger partial charge in [0, 0.05) is 5.56 Å². The standard InChI is InChI=1S/C13H11N3O/c1-8-2-4-9(5-3-8)12-11-6-10(14)7-15-13(11)17-16-12/h2-7H,14H2,1H3. The van der Waals surface area contributed by atoms with E-state index in [2.05, 4.69) is 10.1 Å². The van der Waals surface area contributed by atoms with E-state index < -0.39 is 0 Å². The minimum Gasteiger partial charge on any atom is -0.397 e. The molecular weight excluding hydrogens is 214 g/mol. The maximum absolute atomic E-state index is 5.72. The van der Waals surface area contributed by atoms with Gasteiger partial charge in [-0.2, -0.15) is 0 Å². The molecule has 0 saturated heterocycles. The molecule has 0 spiro atoms. The molecule has 0 radical (unpaired) electrons. The molecule has 0 aliphatic carbocycles. The summed E-state index contributed by atoms with van der Waals surface area (Å²) in [7, 11) is 0. The number of benzene rings is 1. The molecule has 0 aliphatic heterocycles. The van der Waals surface area contributed by atoms with Crippen molar-refractivity contribution in [3.8, 4) is 11.3 Å². The van der Waals surface area contributed by atoms with E-state index in [1.165, 1.54) is 5.56 Å². The second kappa shape index (κ2) is 3.59. The van der Waals surface area contributed by atoms with Gasteiger partial charge in [-0.05, 0) is 13.0 Å². The Labute approximate surface area is 98.1 Å². The zero-order valence-electron chi connectivity index (χ0n) is 9.34. The summed E-state index contributed by atoms with van der Waals surface area (Å²) in [6.07, 6.45) is 1.56. The monoisotopic (exact) mass is 225 g/mol. The summed E-state index contributed by atoms with van der Waals surface area (Å²) >= 11 is 0. The van der Waals surface area contributed by atoms with Crippen LogP contribution in [-0.2, 0) is 0 Å². The average Bonchev–Trinajstić information content (AvgIpc) is 2.73. The Morgan fingerprint density at radius 2 is 1.94 bits per heavy atom. The van der Waals surface area contributed by atoms with Crippen molar-refractivity contribution in [1.82, 2.24) is 10.1 Å². The molecule has 2 N–H and O–H groups in total. The van der Waals surface area contributed by atoms with Gasteiger partial charge in [0.15, 0.2) is 0 Å². The highest BCUT2D eigenvalue weighted by Gasteiger charge is 2.11. The highest BCUT2D eigenvalue weighted by molar-refractivity contribution is 5.91. The quantitative estimate of drug-likeness (QED) is 0.691. The number of pyridine rings is 1. The third-order valence-electron chi connectivity index (χ3n) is 2.68. The van der Waals surface area contributed by atoms with Crippen molar-refractivity contribution < 1.29 is 4.52 Å². The normalized spacial score (nSPS) is 10.9. The molecule has 3 aromatic rings. The van der Waals surface area contributed by atoms with Gasteiger partial charge in [-0.15, -0.1) is 0 Å².